The van der Waals surface area contributed by atoms with Gasteiger partial charge in [0.05, 0.1) is 31.8 Å². The van der Waals surface area contributed by atoms with Crippen molar-refractivity contribution in [2.45, 2.75) is 18.9 Å². The van der Waals surface area contributed by atoms with Crippen molar-refractivity contribution in [3.63, 3.8) is 0 Å². The monoisotopic (exact) mass is 433 g/mol. The molecule has 0 saturated carbocycles. The molecule has 158 valence electrons. The van der Waals surface area contributed by atoms with Gasteiger partial charge in [0.2, 0.25) is 5.91 Å². The number of benzene rings is 2. The summed E-state index contributed by atoms with van der Waals surface area (Å²) in [7, 11) is 3.26. The maximum Gasteiger partial charge on any atom is 0.229 e. The number of ether oxygens (including phenoxy) is 2. The minimum Gasteiger partial charge on any atom is -0.493 e. The van der Waals surface area contributed by atoms with Gasteiger partial charge in [0, 0.05) is 34.1 Å². The standard InChI is InChI=1S/C24H23N3O3S/c1-29-20-9-5-7-18(24(20)30-2)23-22-17(16-6-3-4-8-19(16)26-22)10-11-27(23)21(28)12-15-13-31-14-25-15/h3-9,13-14,23,26H,10-12H2,1-2H3/t23-/m0/s1. The third-order valence-electron chi connectivity index (χ3n) is 5.90. The van der Waals surface area contributed by atoms with Crippen LogP contribution in [0, 0.1) is 0 Å². The molecule has 1 amide bonds. The second-order valence-electron chi connectivity index (χ2n) is 7.54. The summed E-state index contributed by atoms with van der Waals surface area (Å²) < 4.78 is 11.3. The Morgan fingerprint density at radius 1 is 1.19 bits per heavy atom. The quantitative estimate of drug-likeness (QED) is 0.508. The fourth-order valence-electron chi connectivity index (χ4n) is 4.54. The Morgan fingerprint density at radius 2 is 2.06 bits per heavy atom. The molecule has 0 radical (unpaired) electrons. The predicted molar refractivity (Wildman–Crippen MR) is 121 cm³/mol. The maximum absolute atomic E-state index is 13.4. The molecule has 5 rings (SSSR count). The van der Waals surface area contributed by atoms with Crippen LogP contribution in [-0.4, -0.2) is 41.5 Å². The molecule has 6 nitrogen and oxygen atoms in total. The predicted octanol–water partition coefficient (Wildman–Crippen LogP) is 4.36. The fraction of sp³-hybridized carbons (Fsp3) is 0.250. The minimum absolute atomic E-state index is 0.0464. The van der Waals surface area contributed by atoms with E-state index in [1.165, 1.54) is 22.3 Å². The zero-order valence-electron chi connectivity index (χ0n) is 17.4. The van der Waals surface area contributed by atoms with Gasteiger partial charge in [-0.3, -0.25) is 4.79 Å². The molecule has 1 aliphatic rings. The number of nitrogens with zero attached hydrogens (tertiary/aromatic N) is 2. The number of para-hydroxylation sites is 2. The van der Waals surface area contributed by atoms with E-state index in [9.17, 15) is 4.79 Å². The topological polar surface area (TPSA) is 67.5 Å². The minimum atomic E-state index is -0.299. The van der Waals surface area contributed by atoms with Crippen LogP contribution in [0.3, 0.4) is 0 Å². The molecular weight excluding hydrogens is 410 g/mol. The molecule has 7 heteroatoms. The Labute approximate surface area is 184 Å². The van der Waals surface area contributed by atoms with Crippen LogP contribution < -0.4 is 9.47 Å². The van der Waals surface area contributed by atoms with Crippen molar-refractivity contribution in [2.24, 2.45) is 0 Å². The van der Waals surface area contributed by atoms with Crippen molar-refractivity contribution in [3.05, 3.63) is 75.9 Å². The second-order valence-corrected chi connectivity index (χ2v) is 8.26. The van der Waals surface area contributed by atoms with Crippen LogP contribution >= 0.6 is 11.3 Å². The Morgan fingerprint density at radius 3 is 2.84 bits per heavy atom. The van der Waals surface area contributed by atoms with Crippen LogP contribution in [0.15, 0.2) is 53.4 Å². The van der Waals surface area contributed by atoms with Gasteiger partial charge in [-0.05, 0) is 24.1 Å². The van der Waals surface area contributed by atoms with Gasteiger partial charge in [-0.1, -0.05) is 30.3 Å². The summed E-state index contributed by atoms with van der Waals surface area (Å²) in [5.41, 5.74) is 6.83. The highest BCUT2D eigenvalue weighted by atomic mass is 32.1. The summed E-state index contributed by atoms with van der Waals surface area (Å²) in [4.78, 5) is 23.3. The number of aromatic nitrogens is 2. The summed E-state index contributed by atoms with van der Waals surface area (Å²) in [6, 6.07) is 13.8. The fourth-order valence-corrected chi connectivity index (χ4v) is 5.10. The summed E-state index contributed by atoms with van der Waals surface area (Å²) in [6.45, 7) is 0.628. The van der Waals surface area contributed by atoms with E-state index < -0.39 is 0 Å². The van der Waals surface area contributed by atoms with Crippen LogP contribution in [0.1, 0.15) is 28.6 Å². The molecule has 2 aromatic carbocycles. The SMILES string of the molecule is COc1cccc([C@H]2c3[nH]c4ccccc4c3CCN2C(=O)Cc2cscn2)c1OC. The van der Waals surface area contributed by atoms with Gasteiger partial charge in [0.1, 0.15) is 6.04 Å². The third-order valence-corrected chi connectivity index (χ3v) is 6.53. The lowest BCUT2D eigenvalue weighted by atomic mass is 9.91. The highest BCUT2D eigenvalue weighted by molar-refractivity contribution is 7.07. The van der Waals surface area contributed by atoms with Crippen molar-refractivity contribution >= 4 is 28.1 Å². The number of amides is 1. The summed E-state index contributed by atoms with van der Waals surface area (Å²) in [5, 5.41) is 3.13. The molecular formula is C24H23N3O3S. The molecule has 0 spiro atoms. The van der Waals surface area contributed by atoms with Crippen LogP contribution in [0.4, 0.5) is 0 Å². The Balaban J connectivity index is 1.67. The molecule has 1 atom stereocenters. The summed E-state index contributed by atoms with van der Waals surface area (Å²) in [6.07, 6.45) is 1.08. The van der Waals surface area contributed by atoms with Crippen LogP contribution in [0.5, 0.6) is 11.5 Å². The van der Waals surface area contributed by atoms with Gasteiger partial charge in [-0.15, -0.1) is 11.3 Å². The lowest BCUT2D eigenvalue weighted by Crippen LogP contribution is -2.41. The lowest BCUT2D eigenvalue weighted by Gasteiger charge is -2.37. The number of methoxy groups -OCH3 is 2. The number of nitrogens with one attached hydrogen (secondary N) is 1. The van der Waals surface area contributed by atoms with E-state index in [1.807, 2.05) is 34.5 Å². The number of thiazole rings is 1. The molecule has 0 fully saturated rings. The first-order valence-corrected chi connectivity index (χ1v) is 11.1. The first-order valence-electron chi connectivity index (χ1n) is 10.2. The first-order chi connectivity index (χ1) is 15.2. The Bertz CT molecular complexity index is 1230. The number of carbonyl (C=O) groups excluding carboxylic acids is 1. The van der Waals surface area contributed by atoms with E-state index in [2.05, 4.69) is 28.2 Å². The number of hydrogen-bond donors (Lipinski definition) is 1. The van der Waals surface area contributed by atoms with E-state index >= 15 is 0 Å². The lowest BCUT2D eigenvalue weighted by molar-refractivity contribution is -0.132. The van der Waals surface area contributed by atoms with E-state index in [-0.39, 0.29) is 18.4 Å². The van der Waals surface area contributed by atoms with E-state index in [1.54, 1.807) is 19.7 Å². The molecule has 1 aliphatic heterocycles. The van der Waals surface area contributed by atoms with Gasteiger partial charge in [-0.25, -0.2) is 4.98 Å². The molecule has 3 heterocycles. The maximum atomic E-state index is 13.4. The molecule has 0 aliphatic carbocycles. The zero-order chi connectivity index (χ0) is 21.4. The normalized spacial score (nSPS) is 15.7. The van der Waals surface area contributed by atoms with Gasteiger partial charge in [-0.2, -0.15) is 0 Å². The van der Waals surface area contributed by atoms with E-state index in [0.717, 1.165) is 28.9 Å². The second kappa shape index (κ2) is 8.07. The van der Waals surface area contributed by atoms with Crippen molar-refractivity contribution in [1.29, 1.82) is 0 Å². The van der Waals surface area contributed by atoms with Crippen LogP contribution in [0.2, 0.25) is 0 Å². The third kappa shape index (κ3) is 3.35. The zero-order valence-corrected chi connectivity index (χ0v) is 18.2. The average molecular weight is 434 g/mol. The first kappa shape index (κ1) is 19.6. The van der Waals surface area contributed by atoms with Gasteiger partial charge in [0.15, 0.2) is 11.5 Å². The molecule has 2 aromatic heterocycles. The highest BCUT2D eigenvalue weighted by Gasteiger charge is 2.36. The number of carbonyl (C=O) groups is 1. The highest BCUT2D eigenvalue weighted by Crippen LogP contribution is 2.44. The van der Waals surface area contributed by atoms with Crippen molar-refractivity contribution < 1.29 is 14.3 Å². The Kier molecular flexibility index (Phi) is 5.11. The number of hydrogen-bond acceptors (Lipinski definition) is 5. The smallest absolute Gasteiger partial charge is 0.229 e. The summed E-state index contributed by atoms with van der Waals surface area (Å²) in [5.74, 6) is 1.34. The number of H-pyrrole nitrogens is 1. The average Bonchev–Trinajstić information content (AvgIpc) is 3.45. The van der Waals surface area contributed by atoms with Crippen LogP contribution in [0.25, 0.3) is 10.9 Å². The molecule has 4 aromatic rings. The number of aromatic amines is 1. The van der Waals surface area contributed by atoms with Gasteiger partial charge in [0.25, 0.3) is 0 Å². The van der Waals surface area contributed by atoms with E-state index in [4.69, 9.17) is 9.47 Å². The van der Waals surface area contributed by atoms with Gasteiger partial charge < -0.3 is 19.4 Å². The van der Waals surface area contributed by atoms with E-state index in [0.29, 0.717) is 18.0 Å². The molecule has 0 saturated heterocycles. The molecule has 1 N–H and O–H groups in total. The van der Waals surface area contributed by atoms with Crippen molar-refractivity contribution in [3.8, 4) is 11.5 Å². The molecule has 0 unspecified atom stereocenters. The molecule has 0 bridgehead atoms. The van der Waals surface area contributed by atoms with Crippen molar-refractivity contribution in [1.82, 2.24) is 14.9 Å². The van der Waals surface area contributed by atoms with Crippen molar-refractivity contribution in [2.75, 3.05) is 20.8 Å². The number of rotatable bonds is 5. The molecule has 31 heavy (non-hydrogen) atoms. The van der Waals surface area contributed by atoms with Crippen LogP contribution in [-0.2, 0) is 17.6 Å². The summed E-state index contributed by atoms with van der Waals surface area (Å²) >= 11 is 1.50. The Hall–Kier alpha value is -3.32. The van der Waals surface area contributed by atoms with Gasteiger partial charge >= 0.3 is 0 Å². The number of fused-ring (bicyclic) bond motifs is 3. The largest absolute Gasteiger partial charge is 0.493 e.